The highest BCUT2D eigenvalue weighted by Gasteiger charge is 2.11. The van der Waals surface area contributed by atoms with E-state index in [9.17, 15) is 5.21 Å². The Bertz CT molecular complexity index is 307. The van der Waals surface area contributed by atoms with Crippen molar-refractivity contribution in [3.8, 4) is 5.88 Å². The highest BCUT2D eigenvalue weighted by molar-refractivity contribution is 6.29. The van der Waals surface area contributed by atoms with Crippen LogP contribution in [0.5, 0.6) is 5.88 Å². The van der Waals surface area contributed by atoms with Crippen molar-refractivity contribution in [1.29, 1.82) is 0 Å². The zero-order valence-corrected chi connectivity index (χ0v) is 8.97. The third-order valence-corrected chi connectivity index (χ3v) is 2.01. The number of aromatic nitrogens is 1. The molecule has 4 nitrogen and oxygen atoms in total. The molecule has 1 heterocycles. The molecule has 0 aliphatic carbocycles. The number of halogens is 1. The van der Waals surface area contributed by atoms with Gasteiger partial charge in [0.15, 0.2) is 5.69 Å². The Morgan fingerprint density at radius 3 is 2.86 bits per heavy atom. The third-order valence-electron chi connectivity index (χ3n) is 1.80. The molecule has 0 spiro atoms. The smallest absolute Gasteiger partial charge is 0.278 e. The van der Waals surface area contributed by atoms with Crippen LogP contribution in [0.15, 0.2) is 12.1 Å². The molecule has 1 aromatic rings. The van der Waals surface area contributed by atoms with Gasteiger partial charge in [-0.15, -0.1) is 0 Å². The lowest BCUT2D eigenvalue weighted by Gasteiger charge is -2.21. The minimum Gasteiger partial charge on any atom is -0.629 e. The Balaban J connectivity index is 2.95. The Labute approximate surface area is 88.0 Å². The second kappa shape index (κ2) is 5.14. The van der Waals surface area contributed by atoms with Crippen molar-refractivity contribution < 1.29 is 9.80 Å². The minimum absolute atomic E-state index is 0.0357. The van der Waals surface area contributed by atoms with E-state index in [2.05, 4.69) is 4.98 Å². The first kappa shape index (κ1) is 11.2. The number of nitrogens with zero attached hydrogens (tertiary/aromatic N) is 1. The van der Waals surface area contributed by atoms with Crippen LogP contribution < -0.4 is 9.80 Å². The van der Waals surface area contributed by atoms with E-state index in [1.807, 2.05) is 6.92 Å². The summed E-state index contributed by atoms with van der Waals surface area (Å²) in [7, 11) is 1.47. The number of quaternary nitrogens is 1. The molecule has 1 rings (SSSR count). The number of ether oxygens (including phenoxy) is 1. The molecule has 0 aliphatic heterocycles. The zero-order valence-electron chi connectivity index (χ0n) is 8.21. The number of hydrogen-bond donors (Lipinski definition) is 1. The summed E-state index contributed by atoms with van der Waals surface area (Å²) >= 11 is 5.67. The molecule has 0 radical (unpaired) electrons. The average Bonchev–Trinajstić information content (AvgIpc) is 2.17. The Morgan fingerprint density at radius 2 is 2.29 bits per heavy atom. The van der Waals surface area contributed by atoms with Gasteiger partial charge in [0.2, 0.25) is 0 Å². The summed E-state index contributed by atoms with van der Waals surface area (Å²) in [4.78, 5) is 3.92. The first-order valence-electron chi connectivity index (χ1n) is 4.42. The molecule has 0 bridgehead atoms. The molecule has 0 saturated heterocycles. The van der Waals surface area contributed by atoms with Crippen LogP contribution in [-0.4, -0.2) is 18.6 Å². The van der Waals surface area contributed by atoms with Crippen molar-refractivity contribution in [3.05, 3.63) is 22.5 Å². The molecule has 1 unspecified atom stereocenters. The maximum Gasteiger partial charge on any atom is 0.278 e. The van der Waals surface area contributed by atoms with Crippen LogP contribution in [0, 0.1) is 5.21 Å². The highest BCUT2D eigenvalue weighted by Crippen LogP contribution is 2.19. The number of pyridine rings is 1. The summed E-state index contributed by atoms with van der Waals surface area (Å²) < 4.78 is 4.98. The fourth-order valence-corrected chi connectivity index (χ4v) is 1.29. The minimum atomic E-state index is 0.0357. The maximum atomic E-state index is 11.6. The zero-order chi connectivity index (χ0) is 10.6. The first-order chi connectivity index (χ1) is 6.69. The van der Waals surface area contributed by atoms with Crippen LogP contribution in [0.3, 0.4) is 0 Å². The lowest BCUT2D eigenvalue weighted by atomic mass is 10.3. The molecule has 5 heteroatoms. The Kier molecular flexibility index (Phi) is 4.13. The van der Waals surface area contributed by atoms with Crippen molar-refractivity contribution in [1.82, 2.24) is 4.98 Å². The van der Waals surface area contributed by atoms with Crippen LogP contribution in [0.1, 0.15) is 13.3 Å². The molecule has 1 atom stereocenters. The van der Waals surface area contributed by atoms with Gasteiger partial charge in [0.25, 0.3) is 5.88 Å². The predicted molar refractivity (Wildman–Crippen MR) is 54.9 cm³/mol. The number of hydrogen-bond acceptors (Lipinski definition) is 3. The van der Waals surface area contributed by atoms with Crippen molar-refractivity contribution in [2.24, 2.45) is 0 Å². The largest absolute Gasteiger partial charge is 0.629 e. The van der Waals surface area contributed by atoms with Crippen LogP contribution in [0.4, 0.5) is 5.69 Å². The number of hydroxylamine groups is 1. The summed E-state index contributed by atoms with van der Waals surface area (Å²) in [6, 6.07) is 3.24. The first-order valence-corrected chi connectivity index (χ1v) is 4.80. The average molecular weight is 217 g/mol. The molecule has 0 amide bonds. The van der Waals surface area contributed by atoms with Crippen LogP contribution in [0.25, 0.3) is 0 Å². The van der Waals surface area contributed by atoms with Gasteiger partial charge in [0, 0.05) is 6.07 Å². The standard InChI is InChI=1S/C9H13ClN2O2/c1-3-6-12(13)7-4-5-8(10)11-9(7)14-2/h4-5,12H,3,6H2,1-2H3. The molecule has 1 N–H and O–H groups in total. The highest BCUT2D eigenvalue weighted by atomic mass is 35.5. The summed E-state index contributed by atoms with van der Waals surface area (Å²) in [6.45, 7) is 2.45. The SMILES string of the molecule is CCC[NH+]([O-])c1ccc(Cl)nc1OC. The van der Waals surface area contributed by atoms with E-state index >= 15 is 0 Å². The molecular formula is C9H13ClN2O2. The van der Waals surface area contributed by atoms with Crippen molar-refractivity contribution in [2.75, 3.05) is 13.7 Å². The van der Waals surface area contributed by atoms with Gasteiger partial charge in [-0.2, -0.15) is 4.98 Å². The summed E-state index contributed by atoms with van der Waals surface area (Å²) in [5.74, 6) is 0.302. The molecular weight excluding hydrogens is 204 g/mol. The predicted octanol–water partition coefficient (Wildman–Crippen LogP) is 1.17. The summed E-state index contributed by atoms with van der Waals surface area (Å²) in [6.07, 6.45) is 0.810. The molecule has 0 fully saturated rings. The monoisotopic (exact) mass is 216 g/mol. The molecule has 1 aromatic heterocycles. The van der Waals surface area contributed by atoms with Gasteiger partial charge < -0.3 is 15.0 Å². The number of rotatable bonds is 4. The van der Waals surface area contributed by atoms with E-state index in [-0.39, 0.29) is 5.06 Å². The van der Waals surface area contributed by atoms with Crippen molar-refractivity contribution in [3.63, 3.8) is 0 Å². The lowest BCUT2D eigenvalue weighted by Crippen LogP contribution is -3.02. The van der Waals surface area contributed by atoms with Crippen LogP contribution in [0.2, 0.25) is 5.15 Å². The molecule has 14 heavy (non-hydrogen) atoms. The maximum absolute atomic E-state index is 11.6. The van der Waals surface area contributed by atoms with Crippen LogP contribution in [-0.2, 0) is 0 Å². The summed E-state index contributed by atoms with van der Waals surface area (Å²) in [5.41, 5.74) is 0.499. The fraction of sp³-hybridized carbons (Fsp3) is 0.444. The quantitative estimate of drug-likeness (QED) is 0.607. The Hall–Kier alpha value is -0.840. The third kappa shape index (κ3) is 2.57. The van der Waals surface area contributed by atoms with Crippen LogP contribution >= 0.6 is 11.6 Å². The van der Waals surface area contributed by atoms with Crippen molar-refractivity contribution >= 4 is 17.3 Å². The van der Waals surface area contributed by atoms with E-state index < -0.39 is 0 Å². The molecule has 0 saturated carbocycles. The lowest BCUT2D eigenvalue weighted by molar-refractivity contribution is -0.776. The van der Waals surface area contributed by atoms with Gasteiger partial charge >= 0.3 is 0 Å². The van der Waals surface area contributed by atoms with E-state index in [4.69, 9.17) is 16.3 Å². The number of nitrogens with one attached hydrogen (secondary N) is 1. The van der Waals surface area contributed by atoms with Gasteiger partial charge in [-0.1, -0.05) is 18.5 Å². The van der Waals surface area contributed by atoms with Gasteiger partial charge in [-0.25, -0.2) is 0 Å². The summed E-state index contributed by atoms with van der Waals surface area (Å²) in [5, 5.41) is 11.9. The normalized spacial score (nSPS) is 12.6. The second-order valence-corrected chi connectivity index (χ2v) is 3.25. The van der Waals surface area contributed by atoms with Gasteiger partial charge in [-0.3, -0.25) is 0 Å². The van der Waals surface area contributed by atoms with Gasteiger partial charge in [-0.05, 0) is 12.5 Å². The second-order valence-electron chi connectivity index (χ2n) is 2.86. The van der Waals surface area contributed by atoms with E-state index in [1.165, 1.54) is 7.11 Å². The number of methoxy groups -OCH3 is 1. The van der Waals surface area contributed by atoms with E-state index in [0.717, 1.165) is 6.42 Å². The van der Waals surface area contributed by atoms with E-state index in [0.29, 0.717) is 23.3 Å². The van der Waals surface area contributed by atoms with E-state index in [1.54, 1.807) is 12.1 Å². The van der Waals surface area contributed by atoms with Gasteiger partial charge in [0.05, 0.1) is 13.7 Å². The Morgan fingerprint density at radius 1 is 1.57 bits per heavy atom. The van der Waals surface area contributed by atoms with Crippen molar-refractivity contribution in [2.45, 2.75) is 13.3 Å². The molecule has 78 valence electrons. The van der Waals surface area contributed by atoms with Gasteiger partial charge in [0.1, 0.15) is 5.15 Å². The molecule has 0 aliphatic rings. The fourth-order valence-electron chi connectivity index (χ4n) is 1.15. The molecule has 0 aromatic carbocycles. The topological polar surface area (TPSA) is 49.6 Å².